The Kier molecular flexibility index (Phi) is 8.94. The van der Waals surface area contributed by atoms with E-state index in [1.807, 2.05) is 12.1 Å². The highest BCUT2D eigenvalue weighted by atomic mass is 16.5. The van der Waals surface area contributed by atoms with Gasteiger partial charge in [-0.05, 0) is 17.9 Å². The van der Waals surface area contributed by atoms with Crippen LogP contribution in [-0.2, 0) is 20.7 Å². The molecule has 2 aromatic rings. The molecular formula is C20H29N3O4. The Bertz CT molecular complexity index is 683. The number of amides is 1. The molecule has 0 bridgehead atoms. The van der Waals surface area contributed by atoms with Crippen molar-refractivity contribution < 1.29 is 18.8 Å². The lowest BCUT2D eigenvalue weighted by Gasteiger charge is -2.05. The van der Waals surface area contributed by atoms with Crippen LogP contribution in [0, 0.1) is 0 Å². The number of aryl methyl sites for hydroxylation is 1. The molecule has 0 saturated carbocycles. The quantitative estimate of drug-likeness (QED) is 0.574. The number of carbonyl (C=O) groups excluding carboxylic acids is 1. The smallest absolute Gasteiger partial charge is 0.227 e. The number of rotatable bonds is 12. The number of aromatic nitrogens is 2. The average molecular weight is 375 g/mol. The van der Waals surface area contributed by atoms with Gasteiger partial charge in [-0.1, -0.05) is 43.3 Å². The molecule has 0 fully saturated rings. The maximum absolute atomic E-state index is 11.9. The second kappa shape index (κ2) is 11.5. The van der Waals surface area contributed by atoms with Crippen molar-refractivity contribution in [2.75, 3.05) is 33.5 Å². The van der Waals surface area contributed by atoms with Gasteiger partial charge in [0.2, 0.25) is 17.6 Å². The van der Waals surface area contributed by atoms with Crippen LogP contribution >= 0.6 is 0 Å². The molecule has 0 aliphatic heterocycles. The maximum atomic E-state index is 11.9. The van der Waals surface area contributed by atoms with E-state index in [0.29, 0.717) is 56.8 Å². The fraction of sp³-hybridized carbons (Fsp3) is 0.550. The minimum Gasteiger partial charge on any atom is -0.382 e. The molecule has 1 amide bonds. The number of carbonyl (C=O) groups is 1. The standard InChI is InChI=1S/C20H29N3O4/c1-15(2)16-5-7-17(8-6-16)20-22-19(27-23-20)10-9-18(24)21-11-4-12-26-14-13-25-3/h5-8,15H,4,9-14H2,1-3H3,(H,21,24). The molecule has 1 heterocycles. The maximum Gasteiger partial charge on any atom is 0.227 e. The third-order valence-corrected chi connectivity index (χ3v) is 4.09. The highest BCUT2D eigenvalue weighted by Gasteiger charge is 2.11. The summed E-state index contributed by atoms with van der Waals surface area (Å²) in [6, 6.07) is 8.13. The molecule has 7 heteroatoms. The third kappa shape index (κ3) is 7.48. The summed E-state index contributed by atoms with van der Waals surface area (Å²) in [4.78, 5) is 16.2. The largest absolute Gasteiger partial charge is 0.382 e. The summed E-state index contributed by atoms with van der Waals surface area (Å²) < 4.78 is 15.5. The van der Waals surface area contributed by atoms with Crippen LogP contribution < -0.4 is 5.32 Å². The van der Waals surface area contributed by atoms with Crippen molar-refractivity contribution in [3.63, 3.8) is 0 Å². The second-order valence-electron chi connectivity index (χ2n) is 6.60. The van der Waals surface area contributed by atoms with Gasteiger partial charge in [0.15, 0.2) is 0 Å². The van der Waals surface area contributed by atoms with Gasteiger partial charge in [0.1, 0.15) is 0 Å². The van der Waals surface area contributed by atoms with Crippen molar-refractivity contribution in [1.29, 1.82) is 0 Å². The van der Waals surface area contributed by atoms with Gasteiger partial charge < -0.3 is 19.3 Å². The lowest BCUT2D eigenvalue weighted by atomic mass is 10.0. The fourth-order valence-corrected chi connectivity index (χ4v) is 2.45. The topological polar surface area (TPSA) is 86.5 Å². The van der Waals surface area contributed by atoms with E-state index in [0.717, 1.165) is 12.0 Å². The highest BCUT2D eigenvalue weighted by Crippen LogP contribution is 2.20. The Labute approximate surface area is 160 Å². The van der Waals surface area contributed by atoms with Gasteiger partial charge in [-0.2, -0.15) is 4.98 Å². The van der Waals surface area contributed by atoms with Gasteiger partial charge in [-0.3, -0.25) is 4.79 Å². The number of hydrogen-bond donors (Lipinski definition) is 1. The lowest BCUT2D eigenvalue weighted by Crippen LogP contribution is -2.25. The number of hydrogen-bond acceptors (Lipinski definition) is 6. The van der Waals surface area contributed by atoms with Gasteiger partial charge in [-0.25, -0.2) is 0 Å². The summed E-state index contributed by atoms with van der Waals surface area (Å²) in [5.41, 5.74) is 2.18. The minimum atomic E-state index is -0.0343. The van der Waals surface area contributed by atoms with Crippen LogP contribution in [0.2, 0.25) is 0 Å². The molecule has 2 rings (SSSR count). The highest BCUT2D eigenvalue weighted by molar-refractivity contribution is 5.75. The zero-order valence-electron chi connectivity index (χ0n) is 16.4. The van der Waals surface area contributed by atoms with Gasteiger partial charge in [0.05, 0.1) is 13.2 Å². The summed E-state index contributed by atoms with van der Waals surface area (Å²) >= 11 is 0. The summed E-state index contributed by atoms with van der Waals surface area (Å²) in [5.74, 6) is 1.47. The van der Waals surface area contributed by atoms with E-state index in [9.17, 15) is 4.79 Å². The van der Waals surface area contributed by atoms with Crippen molar-refractivity contribution in [3.05, 3.63) is 35.7 Å². The molecule has 148 valence electrons. The molecular weight excluding hydrogens is 346 g/mol. The lowest BCUT2D eigenvalue weighted by molar-refractivity contribution is -0.121. The van der Waals surface area contributed by atoms with E-state index < -0.39 is 0 Å². The SMILES string of the molecule is COCCOCCCNC(=O)CCc1nc(-c2ccc(C(C)C)cc2)no1. The van der Waals surface area contributed by atoms with Crippen molar-refractivity contribution in [1.82, 2.24) is 15.5 Å². The van der Waals surface area contributed by atoms with Crippen molar-refractivity contribution in [3.8, 4) is 11.4 Å². The predicted octanol–water partition coefficient (Wildman–Crippen LogP) is 2.96. The zero-order valence-corrected chi connectivity index (χ0v) is 16.4. The molecule has 0 radical (unpaired) electrons. The van der Waals surface area contributed by atoms with Crippen LogP contribution in [0.1, 0.15) is 44.1 Å². The number of benzene rings is 1. The molecule has 1 N–H and O–H groups in total. The number of ether oxygens (including phenoxy) is 2. The van der Waals surface area contributed by atoms with Crippen molar-refractivity contribution in [2.24, 2.45) is 0 Å². The van der Waals surface area contributed by atoms with Crippen LogP contribution in [0.3, 0.4) is 0 Å². The summed E-state index contributed by atoms with van der Waals surface area (Å²) in [6.45, 7) is 6.65. The first kappa shape index (κ1) is 21.1. The predicted molar refractivity (Wildman–Crippen MR) is 102 cm³/mol. The molecule has 0 saturated heterocycles. The summed E-state index contributed by atoms with van der Waals surface area (Å²) in [5, 5.41) is 6.86. The van der Waals surface area contributed by atoms with Gasteiger partial charge in [0, 0.05) is 38.7 Å². The molecule has 1 aromatic heterocycles. The fourth-order valence-electron chi connectivity index (χ4n) is 2.45. The van der Waals surface area contributed by atoms with Crippen LogP contribution in [0.5, 0.6) is 0 Å². The molecule has 0 aliphatic rings. The zero-order chi connectivity index (χ0) is 19.5. The number of nitrogens with zero attached hydrogens (tertiary/aromatic N) is 2. The average Bonchev–Trinajstić information content (AvgIpc) is 3.15. The molecule has 7 nitrogen and oxygen atoms in total. The van der Waals surface area contributed by atoms with Crippen LogP contribution in [-0.4, -0.2) is 49.5 Å². The van der Waals surface area contributed by atoms with Gasteiger partial charge in [-0.15, -0.1) is 0 Å². The van der Waals surface area contributed by atoms with Crippen molar-refractivity contribution in [2.45, 2.75) is 39.0 Å². The van der Waals surface area contributed by atoms with Gasteiger partial charge >= 0.3 is 0 Å². The van der Waals surface area contributed by atoms with Gasteiger partial charge in [0.25, 0.3) is 0 Å². The van der Waals surface area contributed by atoms with Crippen LogP contribution in [0.15, 0.2) is 28.8 Å². The Hall–Kier alpha value is -2.25. The normalized spacial score (nSPS) is 11.1. The number of nitrogens with one attached hydrogen (secondary N) is 1. The van der Waals surface area contributed by atoms with E-state index in [2.05, 4.69) is 41.4 Å². The van der Waals surface area contributed by atoms with E-state index in [1.165, 1.54) is 5.56 Å². The third-order valence-electron chi connectivity index (χ3n) is 4.09. The van der Waals surface area contributed by atoms with E-state index in [1.54, 1.807) is 7.11 Å². The van der Waals surface area contributed by atoms with Crippen LogP contribution in [0.25, 0.3) is 11.4 Å². The molecule has 0 atom stereocenters. The first-order chi connectivity index (χ1) is 13.1. The van der Waals surface area contributed by atoms with Crippen LogP contribution in [0.4, 0.5) is 0 Å². The summed E-state index contributed by atoms with van der Waals surface area (Å²) in [7, 11) is 1.64. The first-order valence-corrected chi connectivity index (χ1v) is 9.36. The monoisotopic (exact) mass is 375 g/mol. The second-order valence-corrected chi connectivity index (χ2v) is 6.60. The molecule has 1 aromatic carbocycles. The molecule has 0 aliphatic carbocycles. The Balaban J connectivity index is 1.69. The molecule has 0 spiro atoms. The van der Waals surface area contributed by atoms with E-state index >= 15 is 0 Å². The van der Waals surface area contributed by atoms with E-state index in [-0.39, 0.29) is 5.91 Å². The van der Waals surface area contributed by atoms with E-state index in [4.69, 9.17) is 14.0 Å². The number of methoxy groups -OCH3 is 1. The molecule has 27 heavy (non-hydrogen) atoms. The Morgan fingerprint density at radius 2 is 1.96 bits per heavy atom. The molecule has 0 unspecified atom stereocenters. The Morgan fingerprint density at radius 3 is 2.67 bits per heavy atom. The minimum absolute atomic E-state index is 0.0343. The van der Waals surface area contributed by atoms with Crippen molar-refractivity contribution >= 4 is 5.91 Å². The Morgan fingerprint density at radius 1 is 1.19 bits per heavy atom. The first-order valence-electron chi connectivity index (χ1n) is 9.36. The summed E-state index contributed by atoms with van der Waals surface area (Å²) in [6.07, 6.45) is 1.51.